The smallest absolute Gasteiger partial charge is 0.238 e. The third-order valence-corrected chi connectivity index (χ3v) is 6.62. The van der Waals surface area contributed by atoms with E-state index < -0.39 is 10.0 Å². The number of aromatic nitrogens is 5. The number of benzene rings is 2. The molecule has 0 saturated heterocycles. The molecular weight excluding hydrogens is 460 g/mol. The van der Waals surface area contributed by atoms with Crippen LogP contribution in [0.15, 0.2) is 78.0 Å². The normalized spacial score (nSPS) is 11.7. The van der Waals surface area contributed by atoms with Gasteiger partial charge in [0.1, 0.15) is 5.82 Å². The Kier molecular flexibility index (Phi) is 6.10. The van der Waals surface area contributed by atoms with Crippen LogP contribution in [0.5, 0.6) is 0 Å². The molecule has 0 spiro atoms. The minimum atomic E-state index is -3.74. The summed E-state index contributed by atoms with van der Waals surface area (Å²) in [5.74, 6) is 0.736. The number of hydrogen-bond donors (Lipinski definition) is 2. The topological polar surface area (TPSA) is 128 Å². The van der Waals surface area contributed by atoms with Crippen LogP contribution in [0.1, 0.15) is 30.4 Å². The van der Waals surface area contributed by atoms with Crippen LogP contribution >= 0.6 is 0 Å². The van der Waals surface area contributed by atoms with E-state index in [9.17, 15) is 8.42 Å². The molecule has 3 aromatic heterocycles. The predicted octanol–water partition coefficient (Wildman–Crippen LogP) is 4.27. The van der Waals surface area contributed by atoms with Crippen molar-refractivity contribution in [2.75, 3.05) is 0 Å². The molecule has 9 heteroatoms. The molecule has 5 aromatic rings. The zero-order chi connectivity index (χ0) is 24.4. The van der Waals surface area contributed by atoms with Crippen LogP contribution in [-0.2, 0) is 22.9 Å². The third kappa shape index (κ3) is 4.96. The second-order valence-corrected chi connectivity index (χ2v) is 9.86. The maximum absolute atomic E-state index is 11.6. The summed E-state index contributed by atoms with van der Waals surface area (Å²) in [5.41, 5.74) is 6.84. The van der Waals surface area contributed by atoms with Crippen molar-refractivity contribution in [3.05, 3.63) is 90.1 Å². The molecule has 176 valence electrons. The molecule has 0 aliphatic heterocycles. The van der Waals surface area contributed by atoms with Crippen LogP contribution in [-0.4, -0.2) is 33.3 Å². The first-order valence-electron chi connectivity index (χ1n) is 11.3. The average Bonchev–Trinajstić information content (AvgIpc) is 3.28. The number of imidazole rings is 1. The number of aryl methyl sites for hydroxylation is 1. The van der Waals surface area contributed by atoms with Crippen molar-refractivity contribution in [1.82, 2.24) is 24.9 Å². The van der Waals surface area contributed by atoms with Gasteiger partial charge in [0.25, 0.3) is 0 Å². The number of nitrogens with zero attached hydrogens (tertiary/aromatic N) is 4. The highest BCUT2D eigenvalue weighted by Gasteiger charge is 2.17. The molecule has 0 bridgehead atoms. The minimum Gasteiger partial charge on any atom is -0.340 e. The highest BCUT2D eigenvalue weighted by Crippen LogP contribution is 2.31. The van der Waals surface area contributed by atoms with Crippen molar-refractivity contribution >= 4 is 21.1 Å². The van der Waals surface area contributed by atoms with Crippen molar-refractivity contribution in [3.63, 3.8) is 0 Å². The molecule has 3 heterocycles. The van der Waals surface area contributed by atoms with Crippen LogP contribution in [0, 0.1) is 0 Å². The van der Waals surface area contributed by atoms with Crippen LogP contribution in [0.3, 0.4) is 0 Å². The largest absolute Gasteiger partial charge is 0.340 e. The second-order valence-electron chi connectivity index (χ2n) is 8.30. The predicted molar refractivity (Wildman–Crippen MR) is 135 cm³/mol. The van der Waals surface area contributed by atoms with Gasteiger partial charge in [0, 0.05) is 30.1 Å². The summed E-state index contributed by atoms with van der Waals surface area (Å²) in [4.78, 5) is 22.1. The van der Waals surface area contributed by atoms with Gasteiger partial charge >= 0.3 is 0 Å². The van der Waals surface area contributed by atoms with Gasteiger partial charge in [-0.3, -0.25) is 15.0 Å². The molecule has 3 N–H and O–H groups in total. The Bertz CT molecular complexity index is 1610. The van der Waals surface area contributed by atoms with Gasteiger partial charge in [-0.2, -0.15) is 0 Å². The van der Waals surface area contributed by atoms with Crippen LogP contribution < -0.4 is 5.14 Å². The fourth-order valence-electron chi connectivity index (χ4n) is 4.02. The highest BCUT2D eigenvalue weighted by atomic mass is 32.2. The first kappa shape index (κ1) is 22.8. The Morgan fingerprint density at radius 3 is 2.43 bits per heavy atom. The standard InChI is InChI=1S/C26H24N6O2S/c1-2-4-19-5-3-6-22(30-19)26-25(18-9-12-21-23(16-18)29-14-13-28-21)31-24(32-26)15-17-7-10-20(11-8-17)35(27,33)34/h3,5-14,16H,2,4,15H2,1H3,(H,31,32)(H2,27,33,34). The second kappa shape index (κ2) is 9.36. The van der Waals surface area contributed by atoms with E-state index in [1.807, 2.05) is 36.4 Å². The van der Waals surface area contributed by atoms with Gasteiger partial charge in [0.2, 0.25) is 10.0 Å². The number of nitrogens with one attached hydrogen (secondary N) is 1. The van der Waals surface area contributed by atoms with Gasteiger partial charge in [0.05, 0.1) is 33.0 Å². The molecule has 8 nitrogen and oxygen atoms in total. The Hall–Kier alpha value is -3.95. The lowest BCUT2D eigenvalue weighted by molar-refractivity contribution is 0.598. The number of hydrogen-bond acceptors (Lipinski definition) is 6. The summed E-state index contributed by atoms with van der Waals surface area (Å²) in [5, 5.41) is 5.22. The molecule has 0 unspecified atom stereocenters. The van der Waals surface area contributed by atoms with Crippen LogP contribution in [0.2, 0.25) is 0 Å². The summed E-state index contributed by atoms with van der Waals surface area (Å²) >= 11 is 0. The van der Waals surface area contributed by atoms with Gasteiger partial charge in [-0.15, -0.1) is 0 Å². The Balaban J connectivity index is 1.58. The van der Waals surface area contributed by atoms with E-state index in [0.717, 1.165) is 63.6 Å². The third-order valence-electron chi connectivity index (χ3n) is 5.69. The number of nitrogens with two attached hydrogens (primary N) is 1. The maximum Gasteiger partial charge on any atom is 0.238 e. The number of fused-ring (bicyclic) bond motifs is 1. The summed E-state index contributed by atoms with van der Waals surface area (Å²) in [6.07, 6.45) is 5.73. The average molecular weight is 485 g/mol. The molecule has 5 rings (SSSR count). The first-order chi connectivity index (χ1) is 16.9. The van der Waals surface area contributed by atoms with E-state index >= 15 is 0 Å². The lowest BCUT2D eigenvalue weighted by Gasteiger charge is -2.06. The highest BCUT2D eigenvalue weighted by molar-refractivity contribution is 7.89. The van der Waals surface area contributed by atoms with Crippen molar-refractivity contribution < 1.29 is 8.42 Å². The zero-order valence-corrected chi connectivity index (χ0v) is 20.0. The number of pyridine rings is 1. The van der Waals surface area contributed by atoms with E-state index in [2.05, 4.69) is 21.9 Å². The SMILES string of the molecule is CCCc1cccc(-c2[nH]c(Cc3ccc(S(N)(=O)=O)cc3)nc2-c2ccc3nccnc3c2)n1. The van der Waals surface area contributed by atoms with Gasteiger partial charge in [-0.05, 0) is 48.4 Å². The fourth-order valence-corrected chi connectivity index (χ4v) is 4.53. The molecule has 0 saturated carbocycles. The number of primary sulfonamides is 1. The quantitative estimate of drug-likeness (QED) is 0.355. The number of rotatable bonds is 7. The molecule has 35 heavy (non-hydrogen) atoms. The fraction of sp³-hybridized carbons (Fsp3) is 0.154. The van der Waals surface area contributed by atoms with E-state index in [-0.39, 0.29) is 4.90 Å². The number of aromatic amines is 1. The van der Waals surface area contributed by atoms with E-state index in [0.29, 0.717) is 6.42 Å². The number of H-pyrrole nitrogens is 1. The maximum atomic E-state index is 11.6. The molecule has 0 atom stereocenters. The summed E-state index contributed by atoms with van der Waals surface area (Å²) in [7, 11) is -3.74. The van der Waals surface area contributed by atoms with E-state index in [4.69, 9.17) is 15.1 Å². The molecule has 2 aromatic carbocycles. The van der Waals surface area contributed by atoms with Gasteiger partial charge in [-0.1, -0.05) is 37.6 Å². The molecule has 0 fully saturated rings. The van der Waals surface area contributed by atoms with E-state index in [1.165, 1.54) is 12.1 Å². The van der Waals surface area contributed by atoms with Crippen molar-refractivity contribution in [1.29, 1.82) is 0 Å². The Labute approximate surface area is 203 Å². The lowest BCUT2D eigenvalue weighted by Crippen LogP contribution is -2.11. The first-order valence-corrected chi connectivity index (χ1v) is 12.8. The van der Waals surface area contributed by atoms with Crippen molar-refractivity contribution in [2.24, 2.45) is 5.14 Å². The van der Waals surface area contributed by atoms with Gasteiger partial charge in [-0.25, -0.2) is 18.5 Å². The molecule has 0 aliphatic carbocycles. The monoisotopic (exact) mass is 484 g/mol. The summed E-state index contributed by atoms with van der Waals surface area (Å²) in [6.45, 7) is 2.13. The van der Waals surface area contributed by atoms with Crippen LogP contribution in [0.4, 0.5) is 0 Å². The lowest BCUT2D eigenvalue weighted by atomic mass is 10.1. The molecule has 0 radical (unpaired) electrons. The minimum absolute atomic E-state index is 0.0799. The number of sulfonamides is 1. The van der Waals surface area contributed by atoms with Gasteiger partial charge in [0.15, 0.2) is 0 Å². The van der Waals surface area contributed by atoms with Crippen LogP contribution in [0.25, 0.3) is 33.7 Å². The van der Waals surface area contributed by atoms with Gasteiger partial charge < -0.3 is 4.98 Å². The molecular formula is C26H24N6O2S. The Morgan fingerprint density at radius 2 is 1.69 bits per heavy atom. The van der Waals surface area contributed by atoms with Crippen molar-refractivity contribution in [3.8, 4) is 22.6 Å². The summed E-state index contributed by atoms with van der Waals surface area (Å²) < 4.78 is 23.1. The van der Waals surface area contributed by atoms with E-state index in [1.54, 1.807) is 24.5 Å². The Morgan fingerprint density at radius 1 is 0.914 bits per heavy atom. The summed E-state index contributed by atoms with van der Waals surface area (Å²) in [6, 6.07) is 18.4. The van der Waals surface area contributed by atoms with Crippen molar-refractivity contribution in [2.45, 2.75) is 31.1 Å². The molecule has 0 amide bonds. The zero-order valence-electron chi connectivity index (χ0n) is 19.1. The molecule has 0 aliphatic rings.